The third-order valence-corrected chi connectivity index (χ3v) is 5.00. The Kier molecular flexibility index (Phi) is 5.62. The number of esters is 1. The van der Waals surface area contributed by atoms with Crippen molar-refractivity contribution in [3.63, 3.8) is 0 Å². The summed E-state index contributed by atoms with van der Waals surface area (Å²) in [6, 6.07) is 19.2. The van der Waals surface area contributed by atoms with E-state index >= 15 is 0 Å². The van der Waals surface area contributed by atoms with Gasteiger partial charge in [-0.1, -0.05) is 48.5 Å². The van der Waals surface area contributed by atoms with E-state index in [2.05, 4.69) is 0 Å². The van der Waals surface area contributed by atoms with Gasteiger partial charge in [0.2, 0.25) is 5.43 Å². The summed E-state index contributed by atoms with van der Waals surface area (Å²) in [7, 11) is 0. The molecule has 0 N–H and O–H groups in total. The van der Waals surface area contributed by atoms with Crippen LogP contribution in [0.3, 0.4) is 0 Å². The van der Waals surface area contributed by atoms with Crippen LogP contribution in [0, 0.1) is 11.6 Å². The molecular weight excluding hydrogens is 400 g/mol. The molecule has 0 amide bonds. The smallest absolute Gasteiger partial charge is 0.343 e. The molecule has 3 aromatic carbocycles. The van der Waals surface area contributed by atoms with Crippen LogP contribution >= 0.6 is 0 Å². The topological polar surface area (TPSA) is 48.3 Å². The number of halogens is 2. The van der Waals surface area contributed by atoms with Crippen molar-refractivity contribution in [2.45, 2.75) is 13.5 Å². The number of carbonyl (C=O) groups is 1. The normalized spacial score (nSPS) is 10.9. The average molecular weight is 419 g/mol. The molecule has 0 unspecified atom stereocenters. The third kappa shape index (κ3) is 3.97. The lowest BCUT2D eigenvalue weighted by Gasteiger charge is -2.15. The standard InChI is InChI=1S/C25H19F2NO3/c1-2-31-25(30)19-15-28(23-21(27)12-11-20(26)22(23)24(19)29)14-16-7-6-10-18(13-16)17-8-4-3-5-9-17/h3-13,15H,2,14H2,1H3. The summed E-state index contributed by atoms with van der Waals surface area (Å²) in [5.74, 6) is -2.51. The second kappa shape index (κ2) is 8.52. The molecule has 0 radical (unpaired) electrons. The van der Waals surface area contributed by atoms with Gasteiger partial charge >= 0.3 is 5.97 Å². The van der Waals surface area contributed by atoms with E-state index in [0.29, 0.717) is 0 Å². The van der Waals surface area contributed by atoms with Gasteiger partial charge in [-0.05, 0) is 41.8 Å². The zero-order valence-corrected chi connectivity index (χ0v) is 16.8. The number of pyridine rings is 1. The van der Waals surface area contributed by atoms with Crippen molar-refractivity contribution in [1.82, 2.24) is 4.57 Å². The van der Waals surface area contributed by atoms with Crippen molar-refractivity contribution in [2.24, 2.45) is 0 Å². The maximum Gasteiger partial charge on any atom is 0.343 e. The van der Waals surface area contributed by atoms with E-state index in [4.69, 9.17) is 4.74 Å². The second-order valence-corrected chi connectivity index (χ2v) is 7.04. The van der Waals surface area contributed by atoms with Crippen molar-refractivity contribution in [1.29, 1.82) is 0 Å². The van der Waals surface area contributed by atoms with Crippen molar-refractivity contribution in [2.75, 3.05) is 6.61 Å². The summed E-state index contributed by atoms with van der Waals surface area (Å²) in [5, 5.41) is -0.468. The minimum absolute atomic E-state index is 0.0566. The number of benzene rings is 3. The van der Waals surface area contributed by atoms with Gasteiger partial charge in [0.1, 0.15) is 17.2 Å². The first kappa shape index (κ1) is 20.5. The fourth-order valence-electron chi connectivity index (χ4n) is 3.61. The minimum Gasteiger partial charge on any atom is -0.462 e. The summed E-state index contributed by atoms with van der Waals surface area (Å²) in [6.45, 7) is 1.79. The number of aromatic nitrogens is 1. The highest BCUT2D eigenvalue weighted by molar-refractivity contribution is 5.94. The predicted octanol–water partition coefficient (Wildman–Crippen LogP) is 5.17. The zero-order chi connectivity index (χ0) is 22.0. The van der Waals surface area contributed by atoms with Gasteiger partial charge in [0, 0.05) is 12.7 Å². The predicted molar refractivity (Wildman–Crippen MR) is 115 cm³/mol. The van der Waals surface area contributed by atoms with Gasteiger partial charge in [-0.25, -0.2) is 13.6 Å². The fourth-order valence-corrected chi connectivity index (χ4v) is 3.61. The SMILES string of the molecule is CCOC(=O)c1cn(Cc2cccc(-c3ccccc3)c2)c2c(F)ccc(F)c2c1=O. The van der Waals surface area contributed by atoms with Crippen LogP contribution in [0.15, 0.2) is 77.7 Å². The lowest BCUT2D eigenvalue weighted by molar-refractivity contribution is 0.0524. The Morgan fingerprint density at radius 1 is 0.935 bits per heavy atom. The molecule has 0 bridgehead atoms. The summed E-state index contributed by atoms with van der Waals surface area (Å²) in [4.78, 5) is 25.0. The molecule has 0 aliphatic heterocycles. The van der Waals surface area contributed by atoms with Gasteiger partial charge in [0.15, 0.2) is 0 Å². The number of carbonyl (C=O) groups excluding carboxylic acids is 1. The molecule has 1 aromatic heterocycles. The van der Waals surface area contributed by atoms with E-state index in [0.717, 1.165) is 28.8 Å². The maximum atomic E-state index is 14.7. The Bertz CT molecular complexity index is 1330. The number of nitrogens with zero attached hydrogens (tertiary/aromatic N) is 1. The minimum atomic E-state index is -0.890. The number of hydrogen-bond acceptors (Lipinski definition) is 3. The molecule has 31 heavy (non-hydrogen) atoms. The Balaban J connectivity index is 1.88. The van der Waals surface area contributed by atoms with Crippen LogP contribution in [-0.4, -0.2) is 17.1 Å². The molecule has 4 rings (SSSR count). The molecule has 0 spiro atoms. The van der Waals surface area contributed by atoms with Crippen molar-refractivity contribution >= 4 is 16.9 Å². The largest absolute Gasteiger partial charge is 0.462 e. The molecule has 4 nitrogen and oxygen atoms in total. The molecule has 0 saturated carbocycles. The highest BCUT2D eigenvalue weighted by Crippen LogP contribution is 2.23. The zero-order valence-electron chi connectivity index (χ0n) is 16.8. The van der Waals surface area contributed by atoms with Crippen LogP contribution in [0.1, 0.15) is 22.8 Å². The molecule has 4 aromatic rings. The Labute approximate surface area is 177 Å². The molecular formula is C25H19F2NO3. The molecule has 1 heterocycles. The van der Waals surface area contributed by atoms with Gasteiger partial charge in [0.25, 0.3) is 0 Å². The summed E-state index contributed by atoms with van der Waals surface area (Å²) >= 11 is 0. The van der Waals surface area contributed by atoms with Crippen LogP contribution in [0.5, 0.6) is 0 Å². The maximum absolute atomic E-state index is 14.7. The second-order valence-electron chi connectivity index (χ2n) is 7.04. The van der Waals surface area contributed by atoms with Gasteiger partial charge in [-0.3, -0.25) is 4.79 Å². The van der Waals surface area contributed by atoms with E-state index < -0.39 is 28.4 Å². The number of fused-ring (bicyclic) bond motifs is 1. The van der Waals surface area contributed by atoms with Crippen LogP contribution in [-0.2, 0) is 11.3 Å². The van der Waals surface area contributed by atoms with Crippen LogP contribution < -0.4 is 5.43 Å². The first-order valence-corrected chi connectivity index (χ1v) is 9.82. The van der Waals surface area contributed by atoms with E-state index in [1.807, 2.05) is 54.6 Å². The monoisotopic (exact) mass is 419 g/mol. The molecule has 156 valence electrons. The van der Waals surface area contributed by atoms with Gasteiger partial charge < -0.3 is 9.30 Å². The number of ether oxygens (including phenoxy) is 1. The lowest BCUT2D eigenvalue weighted by atomic mass is 10.0. The Morgan fingerprint density at radius 3 is 2.39 bits per heavy atom. The van der Waals surface area contributed by atoms with E-state index in [1.165, 1.54) is 10.8 Å². The Morgan fingerprint density at radius 2 is 1.65 bits per heavy atom. The summed E-state index contributed by atoms with van der Waals surface area (Å²) in [5.41, 5.74) is 1.35. The van der Waals surface area contributed by atoms with Gasteiger partial charge in [-0.15, -0.1) is 0 Å². The Hall–Kier alpha value is -3.80. The van der Waals surface area contributed by atoms with Crippen molar-refractivity contribution < 1.29 is 18.3 Å². The van der Waals surface area contributed by atoms with Gasteiger partial charge in [0.05, 0.1) is 17.5 Å². The molecule has 0 saturated heterocycles. The highest BCUT2D eigenvalue weighted by atomic mass is 19.1. The summed E-state index contributed by atoms with van der Waals surface area (Å²) < 4.78 is 35.5. The first-order valence-electron chi connectivity index (χ1n) is 9.82. The van der Waals surface area contributed by atoms with E-state index in [9.17, 15) is 18.4 Å². The molecule has 6 heteroatoms. The van der Waals surface area contributed by atoms with Crippen molar-refractivity contribution in [3.05, 3.63) is 106 Å². The molecule has 0 aliphatic rings. The highest BCUT2D eigenvalue weighted by Gasteiger charge is 2.21. The lowest BCUT2D eigenvalue weighted by Crippen LogP contribution is -2.22. The number of rotatable bonds is 5. The van der Waals surface area contributed by atoms with Crippen LogP contribution in [0.25, 0.3) is 22.0 Å². The molecule has 0 atom stereocenters. The molecule has 0 aliphatic carbocycles. The fraction of sp³-hybridized carbons (Fsp3) is 0.120. The summed E-state index contributed by atoms with van der Waals surface area (Å²) in [6.07, 6.45) is 1.24. The van der Waals surface area contributed by atoms with E-state index in [-0.39, 0.29) is 24.2 Å². The molecule has 0 fully saturated rings. The quantitative estimate of drug-likeness (QED) is 0.419. The number of hydrogen-bond donors (Lipinski definition) is 0. The van der Waals surface area contributed by atoms with Crippen LogP contribution in [0.2, 0.25) is 0 Å². The van der Waals surface area contributed by atoms with Crippen LogP contribution in [0.4, 0.5) is 8.78 Å². The first-order chi connectivity index (χ1) is 15.0. The average Bonchev–Trinajstić information content (AvgIpc) is 2.78. The van der Waals surface area contributed by atoms with Gasteiger partial charge in [-0.2, -0.15) is 0 Å². The van der Waals surface area contributed by atoms with E-state index in [1.54, 1.807) is 6.92 Å². The van der Waals surface area contributed by atoms with Crippen molar-refractivity contribution in [3.8, 4) is 11.1 Å². The third-order valence-electron chi connectivity index (χ3n) is 5.00.